The Morgan fingerprint density at radius 2 is 1.86 bits per heavy atom. The molecule has 0 aliphatic rings. The van der Waals surface area contributed by atoms with E-state index >= 15 is 0 Å². The van der Waals surface area contributed by atoms with E-state index in [-0.39, 0.29) is 5.69 Å². The van der Waals surface area contributed by atoms with E-state index in [1.54, 1.807) is 47.9 Å². The number of aryl methyl sites for hydroxylation is 1. The summed E-state index contributed by atoms with van der Waals surface area (Å²) in [6, 6.07) is 15.6. The van der Waals surface area contributed by atoms with Crippen molar-refractivity contribution in [1.82, 2.24) is 4.57 Å². The van der Waals surface area contributed by atoms with E-state index in [9.17, 15) is 14.8 Å². The molecule has 2 heterocycles. The van der Waals surface area contributed by atoms with Gasteiger partial charge in [0.25, 0.3) is 12.2 Å². The fourth-order valence-corrected chi connectivity index (χ4v) is 3.22. The molecule has 2 aromatic heterocycles. The van der Waals surface area contributed by atoms with Crippen LogP contribution in [0, 0.1) is 19.1 Å². The number of hydrogen-bond acceptors (Lipinski definition) is 4. The fourth-order valence-electron chi connectivity index (χ4n) is 3.22. The molecule has 7 nitrogen and oxygen atoms in total. The number of benzene rings is 2. The van der Waals surface area contributed by atoms with Gasteiger partial charge in [-0.1, -0.05) is 18.2 Å². The number of fused-ring (bicyclic) bond motifs is 1. The van der Waals surface area contributed by atoms with E-state index in [0.717, 1.165) is 10.9 Å². The number of nitrogens with one attached hydrogen (secondary N) is 1. The van der Waals surface area contributed by atoms with Gasteiger partial charge >= 0.3 is 5.63 Å². The SMILES string of the molecule is Cc1cc(=O)oc2cc(-n3c[n+]([O-])c(C(=O)Nc4ccccc4)c3C)ccc12. The molecular formula is C21H17N3O4. The van der Waals surface area contributed by atoms with Gasteiger partial charge < -0.3 is 14.9 Å². The lowest BCUT2D eigenvalue weighted by Crippen LogP contribution is -2.34. The van der Waals surface area contributed by atoms with E-state index in [1.165, 1.54) is 12.4 Å². The van der Waals surface area contributed by atoms with Crippen molar-refractivity contribution in [2.75, 3.05) is 5.32 Å². The van der Waals surface area contributed by atoms with Crippen molar-refractivity contribution in [1.29, 1.82) is 0 Å². The minimum atomic E-state index is -0.499. The average molecular weight is 375 g/mol. The van der Waals surface area contributed by atoms with Crippen LogP contribution in [-0.2, 0) is 0 Å². The molecule has 0 fully saturated rings. The average Bonchev–Trinajstić information content (AvgIpc) is 2.96. The summed E-state index contributed by atoms with van der Waals surface area (Å²) in [5, 5.41) is 15.9. The number of carbonyl (C=O) groups excluding carboxylic acids is 1. The van der Waals surface area contributed by atoms with Gasteiger partial charge in [0, 0.05) is 30.1 Å². The van der Waals surface area contributed by atoms with E-state index in [4.69, 9.17) is 4.42 Å². The molecule has 140 valence electrons. The van der Waals surface area contributed by atoms with Gasteiger partial charge in [0.2, 0.25) is 5.69 Å². The molecule has 1 N–H and O–H groups in total. The fraction of sp³-hybridized carbons (Fsp3) is 0.0952. The van der Waals surface area contributed by atoms with Crippen molar-refractivity contribution in [3.8, 4) is 5.69 Å². The zero-order chi connectivity index (χ0) is 19.8. The lowest BCUT2D eigenvalue weighted by atomic mass is 10.1. The number of hydrogen-bond donors (Lipinski definition) is 1. The maximum Gasteiger partial charge on any atom is 0.336 e. The van der Waals surface area contributed by atoms with Crippen LogP contribution in [0.2, 0.25) is 0 Å². The Labute approximate surface area is 160 Å². The predicted octanol–water partition coefficient (Wildman–Crippen LogP) is 3.09. The molecule has 0 aliphatic carbocycles. The predicted molar refractivity (Wildman–Crippen MR) is 105 cm³/mol. The molecule has 4 aromatic rings. The smallest absolute Gasteiger partial charge is 0.336 e. The van der Waals surface area contributed by atoms with Crippen LogP contribution in [-0.4, -0.2) is 10.5 Å². The van der Waals surface area contributed by atoms with Crippen LogP contribution in [0.3, 0.4) is 0 Å². The quantitative estimate of drug-likeness (QED) is 0.338. The molecule has 0 unspecified atom stereocenters. The molecule has 0 saturated heterocycles. The Morgan fingerprint density at radius 3 is 2.61 bits per heavy atom. The molecule has 7 heteroatoms. The van der Waals surface area contributed by atoms with E-state index in [1.807, 2.05) is 19.1 Å². The Kier molecular flexibility index (Phi) is 4.19. The molecule has 2 aromatic carbocycles. The number of rotatable bonds is 3. The van der Waals surface area contributed by atoms with Crippen molar-refractivity contribution in [2.24, 2.45) is 0 Å². The summed E-state index contributed by atoms with van der Waals surface area (Å²) in [6.07, 6.45) is 1.28. The first-order valence-electron chi connectivity index (χ1n) is 8.66. The molecule has 4 rings (SSSR count). The standard InChI is InChI=1S/C21H17N3O4/c1-13-10-19(25)28-18-11-16(8-9-17(13)18)23-12-24(27)20(14(23)2)21(26)22-15-6-4-3-5-7-15/h3-12H,1-2H3,(H,22,26). The second-order valence-corrected chi connectivity index (χ2v) is 6.49. The van der Waals surface area contributed by atoms with Gasteiger partial charge in [-0.05, 0) is 36.8 Å². The molecule has 1 amide bonds. The summed E-state index contributed by atoms with van der Waals surface area (Å²) in [7, 11) is 0. The largest absolute Gasteiger partial charge is 0.710 e. The Balaban J connectivity index is 1.76. The highest BCUT2D eigenvalue weighted by Crippen LogP contribution is 2.22. The summed E-state index contributed by atoms with van der Waals surface area (Å²) < 4.78 is 7.40. The molecular weight excluding hydrogens is 358 g/mol. The van der Waals surface area contributed by atoms with Gasteiger partial charge in [-0.2, -0.15) is 4.57 Å². The first-order valence-corrected chi connectivity index (χ1v) is 8.66. The zero-order valence-electron chi connectivity index (χ0n) is 15.3. The summed E-state index contributed by atoms with van der Waals surface area (Å²) in [5.74, 6) is -0.499. The minimum Gasteiger partial charge on any atom is -0.710 e. The van der Waals surface area contributed by atoms with Crippen LogP contribution in [0.1, 0.15) is 21.7 Å². The van der Waals surface area contributed by atoms with Crippen molar-refractivity contribution >= 4 is 22.6 Å². The highest BCUT2D eigenvalue weighted by Gasteiger charge is 2.24. The lowest BCUT2D eigenvalue weighted by molar-refractivity contribution is -0.606. The summed E-state index contributed by atoms with van der Waals surface area (Å²) in [6.45, 7) is 3.52. The van der Waals surface area contributed by atoms with Gasteiger partial charge in [-0.25, -0.2) is 9.52 Å². The summed E-state index contributed by atoms with van der Waals surface area (Å²) in [5.41, 5.74) is 2.47. The summed E-state index contributed by atoms with van der Waals surface area (Å²) in [4.78, 5) is 24.3. The van der Waals surface area contributed by atoms with Crippen molar-refractivity contribution in [3.05, 3.63) is 93.5 Å². The maximum absolute atomic E-state index is 12.6. The van der Waals surface area contributed by atoms with E-state index in [0.29, 0.717) is 27.4 Å². The van der Waals surface area contributed by atoms with Crippen molar-refractivity contribution in [2.45, 2.75) is 13.8 Å². The van der Waals surface area contributed by atoms with Gasteiger partial charge in [0.15, 0.2) is 5.69 Å². The highest BCUT2D eigenvalue weighted by molar-refractivity contribution is 6.02. The second-order valence-electron chi connectivity index (χ2n) is 6.49. The number of anilines is 1. The van der Waals surface area contributed by atoms with Gasteiger partial charge in [-0.3, -0.25) is 4.79 Å². The number of imidazole rings is 1. The van der Waals surface area contributed by atoms with Crippen LogP contribution >= 0.6 is 0 Å². The third-order valence-corrected chi connectivity index (χ3v) is 4.60. The molecule has 0 saturated carbocycles. The Morgan fingerprint density at radius 1 is 1.11 bits per heavy atom. The molecule has 0 radical (unpaired) electrons. The first-order chi connectivity index (χ1) is 13.4. The molecule has 0 bridgehead atoms. The van der Waals surface area contributed by atoms with Gasteiger partial charge in [-0.15, -0.1) is 0 Å². The molecule has 0 aliphatic heterocycles. The Bertz CT molecular complexity index is 1260. The van der Waals surface area contributed by atoms with Crippen LogP contribution in [0.5, 0.6) is 0 Å². The number of para-hydroxylation sites is 1. The van der Waals surface area contributed by atoms with Gasteiger partial charge in [0.05, 0.1) is 0 Å². The van der Waals surface area contributed by atoms with E-state index < -0.39 is 11.5 Å². The number of nitrogens with zero attached hydrogens (tertiary/aromatic N) is 2. The Hall–Kier alpha value is -3.87. The van der Waals surface area contributed by atoms with Crippen molar-refractivity contribution in [3.63, 3.8) is 0 Å². The maximum atomic E-state index is 12.6. The van der Waals surface area contributed by atoms with Crippen LogP contribution in [0.15, 0.2) is 70.1 Å². The van der Waals surface area contributed by atoms with Crippen LogP contribution < -0.4 is 15.7 Å². The first kappa shape index (κ1) is 17.5. The zero-order valence-corrected chi connectivity index (χ0v) is 15.3. The normalized spacial score (nSPS) is 10.9. The number of carbonyl (C=O) groups is 1. The second kappa shape index (κ2) is 6.70. The summed E-state index contributed by atoms with van der Waals surface area (Å²) >= 11 is 0. The van der Waals surface area contributed by atoms with E-state index in [2.05, 4.69) is 5.32 Å². The monoisotopic (exact) mass is 375 g/mol. The third-order valence-electron chi connectivity index (χ3n) is 4.60. The highest BCUT2D eigenvalue weighted by atomic mass is 16.5. The third kappa shape index (κ3) is 3.03. The van der Waals surface area contributed by atoms with Crippen LogP contribution in [0.4, 0.5) is 5.69 Å². The molecule has 0 spiro atoms. The van der Waals surface area contributed by atoms with Crippen LogP contribution in [0.25, 0.3) is 16.7 Å². The number of aromatic nitrogens is 2. The lowest BCUT2D eigenvalue weighted by Gasteiger charge is -2.05. The number of amides is 1. The minimum absolute atomic E-state index is 0.00496. The van der Waals surface area contributed by atoms with Crippen molar-refractivity contribution < 1.29 is 13.9 Å². The topological polar surface area (TPSA) is 91.2 Å². The molecule has 28 heavy (non-hydrogen) atoms. The van der Waals surface area contributed by atoms with Gasteiger partial charge in [0.1, 0.15) is 11.3 Å². The molecule has 0 atom stereocenters.